The molecule has 0 atom stereocenters. The van der Waals surface area contributed by atoms with Gasteiger partial charge >= 0.3 is 0 Å². The molecule has 6 heteroatoms. The summed E-state index contributed by atoms with van der Waals surface area (Å²) in [7, 11) is 1.84. The molecule has 0 aliphatic rings. The molecule has 5 nitrogen and oxygen atoms in total. The quantitative estimate of drug-likeness (QED) is 0.662. The van der Waals surface area contributed by atoms with Crippen molar-refractivity contribution in [1.82, 2.24) is 10.6 Å². The lowest BCUT2D eigenvalue weighted by Crippen LogP contribution is -2.33. The molecule has 0 bridgehead atoms. The number of halogens is 1. The number of anilines is 1. The lowest BCUT2D eigenvalue weighted by atomic mass is 10.2. The molecule has 0 aliphatic carbocycles. The summed E-state index contributed by atoms with van der Waals surface area (Å²) < 4.78 is 0.964. The molecule has 0 saturated carbocycles. The van der Waals surface area contributed by atoms with Crippen LogP contribution in [0.3, 0.4) is 0 Å². The van der Waals surface area contributed by atoms with Gasteiger partial charge in [0, 0.05) is 16.6 Å². The van der Waals surface area contributed by atoms with Crippen LogP contribution in [0.15, 0.2) is 22.7 Å². The Kier molecular flexibility index (Phi) is 7.25. The van der Waals surface area contributed by atoms with Crippen LogP contribution in [-0.2, 0) is 9.59 Å². The van der Waals surface area contributed by atoms with E-state index >= 15 is 0 Å². The second-order valence-corrected chi connectivity index (χ2v) is 5.41. The van der Waals surface area contributed by atoms with E-state index in [2.05, 4.69) is 31.9 Å². The lowest BCUT2D eigenvalue weighted by Gasteiger charge is -2.09. The predicted octanol–water partition coefficient (Wildman–Crippen LogP) is 1.81. The number of hydrogen-bond donors (Lipinski definition) is 3. The summed E-state index contributed by atoms with van der Waals surface area (Å²) in [5, 5.41) is 8.35. The van der Waals surface area contributed by atoms with Crippen molar-refractivity contribution < 1.29 is 9.59 Å². The van der Waals surface area contributed by atoms with Crippen molar-refractivity contribution in [2.45, 2.75) is 19.8 Å². The predicted molar refractivity (Wildman–Crippen MR) is 83.7 cm³/mol. The van der Waals surface area contributed by atoms with E-state index in [0.29, 0.717) is 6.42 Å². The molecule has 20 heavy (non-hydrogen) atoms. The maximum Gasteiger partial charge on any atom is 0.243 e. The van der Waals surface area contributed by atoms with Crippen LogP contribution < -0.4 is 16.0 Å². The normalized spacial score (nSPS) is 10.2. The molecular weight excluding hydrogens is 322 g/mol. The van der Waals surface area contributed by atoms with E-state index in [1.807, 2.05) is 32.2 Å². The first-order chi connectivity index (χ1) is 9.52. The molecule has 0 aromatic heterocycles. The summed E-state index contributed by atoms with van der Waals surface area (Å²) in [6, 6.07) is 5.61. The van der Waals surface area contributed by atoms with Crippen molar-refractivity contribution in [1.29, 1.82) is 0 Å². The molecule has 2 amide bonds. The first-order valence-electron chi connectivity index (χ1n) is 6.50. The number of benzene rings is 1. The topological polar surface area (TPSA) is 70.2 Å². The fourth-order valence-corrected chi connectivity index (χ4v) is 2.13. The van der Waals surface area contributed by atoms with Crippen LogP contribution in [0, 0.1) is 6.92 Å². The molecule has 0 unspecified atom stereocenters. The molecule has 0 heterocycles. The maximum absolute atomic E-state index is 11.7. The zero-order valence-corrected chi connectivity index (χ0v) is 13.3. The Balaban J connectivity index is 2.34. The van der Waals surface area contributed by atoms with Crippen LogP contribution in [0.4, 0.5) is 5.69 Å². The van der Waals surface area contributed by atoms with Crippen LogP contribution >= 0.6 is 15.9 Å². The Morgan fingerprint density at radius 2 is 2.00 bits per heavy atom. The number of hydrogen-bond acceptors (Lipinski definition) is 3. The van der Waals surface area contributed by atoms with Crippen LogP contribution in [0.2, 0.25) is 0 Å². The third-order valence-electron chi connectivity index (χ3n) is 2.74. The molecule has 0 saturated heterocycles. The molecule has 0 spiro atoms. The smallest absolute Gasteiger partial charge is 0.243 e. The minimum absolute atomic E-state index is 0.00606. The second kappa shape index (κ2) is 8.71. The highest BCUT2D eigenvalue weighted by Crippen LogP contribution is 2.19. The molecule has 0 fully saturated rings. The van der Waals surface area contributed by atoms with E-state index in [4.69, 9.17) is 0 Å². The SMILES string of the molecule is CNCCCC(=O)NCC(=O)Nc1ccc(Br)cc1C. The monoisotopic (exact) mass is 341 g/mol. The first-order valence-corrected chi connectivity index (χ1v) is 7.29. The van der Waals surface area contributed by atoms with Gasteiger partial charge in [0.1, 0.15) is 0 Å². The van der Waals surface area contributed by atoms with E-state index in [-0.39, 0.29) is 18.4 Å². The molecule has 110 valence electrons. The molecule has 1 aromatic rings. The number of amides is 2. The lowest BCUT2D eigenvalue weighted by molar-refractivity contribution is -0.124. The highest BCUT2D eigenvalue weighted by atomic mass is 79.9. The van der Waals surface area contributed by atoms with Crippen molar-refractivity contribution in [3.8, 4) is 0 Å². The Bertz CT molecular complexity index is 477. The summed E-state index contributed by atoms with van der Waals surface area (Å²) in [5.41, 5.74) is 1.72. The number of rotatable bonds is 7. The van der Waals surface area contributed by atoms with Crippen molar-refractivity contribution >= 4 is 33.4 Å². The maximum atomic E-state index is 11.7. The van der Waals surface area contributed by atoms with Crippen molar-refractivity contribution in [3.63, 3.8) is 0 Å². The Hall–Kier alpha value is -1.40. The zero-order valence-electron chi connectivity index (χ0n) is 11.8. The number of nitrogens with one attached hydrogen (secondary N) is 3. The highest BCUT2D eigenvalue weighted by molar-refractivity contribution is 9.10. The summed E-state index contributed by atoms with van der Waals surface area (Å²) in [6.45, 7) is 2.70. The van der Waals surface area contributed by atoms with Crippen molar-refractivity contribution in [2.24, 2.45) is 0 Å². The summed E-state index contributed by atoms with van der Waals surface area (Å²) in [5.74, 6) is -0.333. The van der Waals surface area contributed by atoms with E-state index in [9.17, 15) is 9.59 Å². The fraction of sp³-hybridized carbons (Fsp3) is 0.429. The van der Waals surface area contributed by atoms with Gasteiger partial charge in [0.25, 0.3) is 0 Å². The number of carbonyl (C=O) groups excluding carboxylic acids is 2. The van der Waals surface area contributed by atoms with E-state index < -0.39 is 0 Å². The van der Waals surface area contributed by atoms with Gasteiger partial charge in [-0.15, -0.1) is 0 Å². The number of aryl methyl sites for hydroxylation is 1. The highest BCUT2D eigenvalue weighted by Gasteiger charge is 2.07. The van der Waals surface area contributed by atoms with Gasteiger partial charge in [0.05, 0.1) is 6.54 Å². The van der Waals surface area contributed by atoms with Gasteiger partial charge in [0.15, 0.2) is 0 Å². The molecule has 0 radical (unpaired) electrons. The Morgan fingerprint density at radius 3 is 2.65 bits per heavy atom. The fourth-order valence-electron chi connectivity index (χ4n) is 1.65. The second-order valence-electron chi connectivity index (χ2n) is 4.49. The van der Waals surface area contributed by atoms with Gasteiger partial charge in [0.2, 0.25) is 11.8 Å². The van der Waals surface area contributed by atoms with Gasteiger partial charge in [-0.3, -0.25) is 9.59 Å². The first kappa shape index (κ1) is 16.7. The van der Waals surface area contributed by atoms with Crippen LogP contribution in [-0.4, -0.2) is 32.0 Å². The molecule has 1 rings (SSSR count). The summed E-state index contributed by atoms with van der Waals surface area (Å²) in [6.07, 6.45) is 1.18. The van der Waals surface area contributed by atoms with Gasteiger partial charge in [-0.05, 0) is 50.7 Å². The third-order valence-corrected chi connectivity index (χ3v) is 3.23. The number of carbonyl (C=O) groups is 2. The third kappa shape index (κ3) is 6.16. The Morgan fingerprint density at radius 1 is 1.25 bits per heavy atom. The van der Waals surface area contributed by atoms with Crippen LogP contribution in [0.5, 0.6) is 0 Å². The van der Waals surface area contributed by atoms with E-state index in [0.717, 1.165) is 28.7 Å². The molecule has 3 N–H and O–H groups in total. The van der Waals surface area contributed by atoms with Crippen molar-refractivity contribution in [2.75, 3.05) is 25.5 Å². The van der Waals surface area contributed by atoms with Gasteiger partial charge < -0.3 is 16.0 Å². The van der Waals surface area contributed by atoms with Crippen LogP contribution in [0.1, 0.15) is 18.4 Å². The summed E-state index contributed by atoms with van der Waals surface area (Å²) in [4.78, 5) is 23.2. The average Bonchev–Trinajstić information content (AvgIpc) is 2.40. The minimum Gasteiger partial charge on any atom is -0.347 e. The zero-order chi connectivity index (χ0) is 15.0. The molecular formula is C14H20BrN3O2. The van der Waals surface area contributed by atoms with Crippen molar-refractivity contribution in [3.05, 3.63) is 28.2 Å². The molecule has 1 aromatic carbocycles. The summed E-state index contributed by atoms with van der Waals surface area (Å²) >= 11 is 3.37. The molecule has 0 aliphatic heterocycles. The van der Waals surface area contributed by atoms with Gasteiger partial charge in [-0.25, -0.2) is 0 Å². The minimum atomic E-state index is -0.225. The van der Waals surface area contributed by atoms with Gasteiger partial charge in [-0.2, -0.15) is 0 Å². The average molecular weight is 342 g/mol. The Labute approximate surface area is 127 Å². The van der Waals surface area contributed by atoms with E-state index in [1.165, 1.54) is 0 Å². The van der Waals surface area contributed by atoms with Gasteiger partial charge in [-0.1, -0.05) is 15.9 Å². The van der Waals surface area contributed by atoms with E-state index in [1.54, 1.807) is 0 Å². The van der Waals surface area contributed by atoms with Crippen LogP contribution in [0.25, 0.3) is 0 Å². The standard InChI is InChI=1S/C14H20BrN3O2/c1-10-8-11(15)5-6-12(10)18-14(20)9-17-13(19)4-3-7-16-2/h5-6,8,16H,3-4,7,9H2,1-2H3,(H,17,19)(H,18,20). The largest absolute Gasteiger partial charge is 0.347 e.